The van der Waals surface area contributed by atoms with Gasteiger partial charge in [-0.3, -0.25) is 4.79 Å². The van der Waals surface area contributed by atoms with Gasteiger partial charge in [0.1, 0.15) is 5.60 Å². The zero-order valence-corrected chi connectivity index (χ0v) is 14.3. The smallest absolute Gasteiger partial charge is 0.210 e. The van der Waals surface area contributed by atoms with E-state index in [1.165, 1.54) is 0 Å². The van der Waals surface area contributed by atoms with Crippen molar-refractivity contribution in [2.75, 3.05) is 0 Å². The molecular formula is C18H28O4. The molecule has 3 aliphatic carbocycles. The van der Waals surface area contributed by atoms with Gasteiger partial charge in [0, 0.05) is 0 Å². The standard InChI is InChI=1S/C18H28O4/c1-10(2)21-14-15(19)17-8-6-7-13(17)12(5)9-18(17,20)16(14)22-11(3)4/h10-13,20H,6-9H2,1-5H3/t12-,13+,17-,18+/m1/s1. The minimum Gasteiger partial charge on any atom is -0.488 e. The molecule has 22 heavy (non-hydrogen) atoms. The average molecular weight is 308 g/mol. The predicted octanol–water partition coefficient (Wildman–Crippen LogP) is 3.19. The van der Waals surface area contributed by atoms with E-state index in [0.717, 1.165) is 19.3 Å². The van der Waals surface area contributed by atoms with Gasteiger partial charge in [-0.25, -0.2) is 0 Å². The molecule has 2 fully saturated rings. The monoisotopic (exact) mass is 308 g/mol. The van der Waals surface area contributed by atoms with E-state index >= 15 is 0 Å². The van der Waals surface area contributed by atoms with Crippen molar-refractivity contribution in [1.29, 1.82) is 0 Å². The Morgan fingerprint density at radius 1 is 1.18 bits per heavy atom. The van der Waals surface area contributed by atoms with Crippen LogP contribution in [0.5, 0.6) is 0 Å². The van der Waals surface area contributed by atoms with E-state index in [1.807, 2.05) is 27.7 Å². The topological polar surface area (TPSA) is 55.8 Å². The molecule has 1 spiro atoms. The van der Waals surface area contributed by atoms with Crippen LogP contribution in [0.15, 0.2) is 11.5 Å². The van der Waals surface area contributed by atoms with E-state index in [-0.39, 0.29) is 29.7 Å². The van der Waals surface area contributed by atoms with E-state index in [1.54, 1.807) is 0 Å². The summed E-state index contributed by atoms with van der Waals surface area (Å²) >= 11 is 0. The summed E-state index contributed by atoms with van der Waals surface area (Å²) in [5.74, 6) is 1.24. The molecule has 0 aliphatic heterocycles. The Morgan fingerprint density at radius 2 is 1.82 bits per heavy atom. The first-order valence-corrected chi connectivity index (χ1v) is 8.59. The highest BCUT2D eigenvalue weighted by molar-refractivity contribution is 6.04. The highest BCUT2D eigenvalue weighted by atomic mass is 16.5. The number of ether oxygens (including phenoxy) is 2. The first-order valence-electron chi connectivity index (χ1n) is 8.59. The number of aliphatic hydroxyl groups is 1. The zero-order valence-electron chi connectivity index (χ0n) is 14.3. The molecule has 0 unspecified atom stereocenters. The molecule has 0 bridgehead atoms. The third-order valence-corrected chi connectivity index (χ3v) is 5.66. The molecule has 0 radical (unpaired) electrons. The predicted molar refractivity (Wildman–Crippen MR) is 83.0 cm³/mol. The van der Waals surface area contributed by atoms with Gasteiger partial charge >= 0.3 is 0 Å². The molecule has 0 heterocycles. The Hall–Kier alpha value is -1.03. The van der Waals surface area contributed by atoms with Crippen LogP contribution in [-0.4, -0.2) is 28.7 Å². The molecule has 0 aromatic carbocycles. The Kier molecular flexibility index (Phi) is 3.59. The maximum atomic E-state index is 13.2. The van der Waals surface area contributed by atoms with Crippen molar-refractivity contribution in [3.8, 4) is 0 Å². The van der Waals surface area contributed by atoms with E-state index in [2.05, 4.69) is 6.92 Å². The van der Waals surface area contributed by atoms with Crippen LogP contribution >= 0.6 is 0 Å². The fraction of sp³-hybridized carbons (Fsp3) is 0.833. The highest BCUT2D eigenvalue weighted by Gasteiger charge is 2.75. The summed E-state index contributed by atoms with van der Waals surface area (Å²) in [5.41, 5.74) is -1.89. The Morgan fingerprint density at radius 3 is 2.41 bits per heavy atom. The van der Waals surface area contributed by atoms with E-state index in [0.29, 0.717) is 18.1 Å². The molecule has 1 N–H and O–H groups in total. The number of allylic oxidation sites excluding steroid dienone is 1. The molecule has 2 saturated carbocycles. The van der Waals surface area contributed by atoms with Crippen molar-refractivity contribution in [2.24, 2.45) is 17.3 Å². The normalized spacial score (nSPS) is 40.6. The number of carbonyl (C=O) groups is 1. The van der Waals surface area contributed by atoms with Crippen molar-refractivity contribution in [3.05, 3.63) is 11.5 Å². The van der Waals surface area contributed by atoms with Crippen molar-refractivity contribution < 1.29 is 19.4 Å². The van der Waals surface area contributed by atoms with E-state index in [4.69, 9.17) is 9.47 Å². The number of hydrogen-bond acceptors (Lipinski definition) is 4. The third-order valence-electron chi connectivity index (χ3n) is 5.66. The van der Waals surface area contributed by atoms with Crippen LogP contribution in [0, 0.1) is 17.3 Å². The Bertz CT molecular complexity index is 521. The minimum atomic E-state index is -1.18. The van der Waals surface area contributed by atoms with Crippen molar-refractivity contribution in [3.63, 3.8) is 0 Å². The lowest BCUT2D eigenvalue weighted by molar-refractivity contribution is -0.139. The third kappa shape index (κ3) is 1.82. The summed E-state index contributed by atoms with van der Waals surface area (Å²) in [4.78, 5) is 13.2. The molecule has 0 amide bonds. The van der Waals surface area contributed by atoms with Gasteiger partial charge in [0.05, 0.1) is 17.6 Å². The molecule has 4 nitrogen and oxygen atoms in total. The molecule has 124 valence electrons. The summed E-state index contributed by atoms with van der Waals surface area (Å²) in [6, 6.07) is 0. The number of ketones is 1. The van der Waals surface area contributed by atoms with Crippen LogP contribution in [0.3, 0.4) is 0 Å². The lowest BCUT2D eigenvalue weighted by Gasteiger charge is -2.36. The number of rotatable bonds is 4. The molecule has 3 aliphatic rings. The summed E-state index contributed by atoms with van der Waals surface area (Å²) in [6.45, 7) is 9.79. The van der Waals surface area contributed by atoms with Gasteiger partial charge in [0.15, 0.2) is 5.76 Å². The number of carbonyl (C=O) groups excluding carboxylic acids is 1. The second-order valence-electron chi connectivity index (χ2n) is 7.83. The lowest BCUT2D eigenvalue weighted by atomic mass is 9.70. The van der Waals surface area contributed by atoms with Gasteiger partial charge in [0.2, 0.25) is 11.5 Å². The van der Waals surface area contributed by atoms with Gasteiger partial charge in [-0.05, 0) is 58.8 Å². The van der Waals surface area contributed by atoms with Crippen molar-refractivity contribution in [2.45, 2.75) is 78.1 Å². The molecule has 4 heteroatoms. The van der Waals surface area contributed by atoms with Crippen LogP contribution in [0.4, 0.5) is 0 Å². The molecule has 0 aromatic rings. The fourth-order valence-electron chi connectivity index (χ4n) is 5.09. The minimum absolute atomic E-state index is 0.0220. The Labute approximate surface area is 132 Å². The number of Topliss-reactive ketones (excluding diaryl/α,β-unsaturated/α-hetero) is 1. The molecule has 0 aromatic heterocycles. The fourth-order valence-corrected chi connectivity index (χ4v) is 5.09. The average Bonchev–Trinajstić information content (AvgIpc) is 2.97. The Balaban J connectivity index is 2.12. The van der Waals surface area contributed by atoms with Crippen LogP contribution in [0.25, 0.3) is 0 Å². The van der Waals surface area contributed by atoms with Crippen LogP contribution in [0.1, 0.15) is 60.3 Å². The molecule has 4 atom stereocenters. The van der Waals surface area contributed by atoms with E-state index < -0.39 is 11.0 Å². The van der Waals surface area contributed by atoms with Gasteiger partial charge in [0.25, 0.3) is 0 Å². The zero-order chi connectivity index (χ0) is 16.3. The van der Waals surface area contributed by atoms with Crippen LogP contribution in [0.2, 0.25) is 0 Å². The quantitative estimate of drug-likeness (QED) is 0.866. The van der Waals surface area contributed by atoms with E-state index in [9.17, 15) is 9.90 Å². The summed E-state index contributed by atoms with van der Waals surface area (Å²) in [6.07, 6.45) is 3.14. The largest absolute Gasteiger partial charge is 0.488 e. The van der Waals surface area contributed by atoms with Gasteiger partial charge in [-0.1, -0.05) is 13.3 Å². The van der Waals surface area contributed by atoms with Crippen LogP contribution in [-0.2, 0) is 14.3 Å². The molecular weight excluding hydrogens is 280 g/mol. The maximum absolute atomic E-state index is 13.2. The lowest BCUT2D eigenvalue weighted by Crippen LogP contribution is -2.47. The van der Waals surface area contributed by atoms with Crippen molar-refractivity contribution >= 4 is 5.78 Å². The SMILES string of the molecule is CC(C)OC1=C(OC(C)C)[C@@]2(O)C[C@@H](C)[C@@H]3CCC[C@]32C1=O. The highest BCUT2D eigenvalue weighted by Crippen LogP contribution is 2.68. The first-order chi connectivity index (χ1) is 10.2. The maximum Gasteiger partial charge on any atom is 0.210 e. The molecule has 0 saturated heterocycles. The van der Waals surface area contributed by atoms with Gasteiger partial charge < -0.3 is 14.6 Å². The summed E-state index contributed by atoms with van der Waals surface area (Å²) < 4.78 is 11.8. The summed E-state index contributed by atoms with van der Waals surface area (Å²) in [7, 11) is 0. The second kappa shape index (κ2) is 4.98. The van der Waals surface area contributed by atoms with Gasteiger partial charge in [-0.2, -0.15) is 0 Å². The number of hydrogen-bond donors (Lipinski definition) is 1. The van der Waals surface area contributed by atoms with Gasteiger partial charge in [-0.15, -0.1) is 0 Å². The first kappa shape index (κ1) is 15.9. The van der Waals surface area contributed by atoms with Crippen molar-refractivity contribution in [1.82, 2.24) is 0 Å². The van der Waals surface area contributed by atoms with Crippen LogP contribution < -0.4 is 0 Å². The molecule has 3 rings (SSSR count). The second-order valence-corrected chi connectivity index (χ2v) is 7.83. The summed E-state index contributed by atoms with van der Waals surface area (Å²) in [5, 5.41) is 11.5.